The fourth-order valence-corrected chi connectivity index (χ4v) is 1.77. The van der Waals surface area contributed by atoms with E-state index in [0.717, 1.165) is 16.9 Å². The summed E-state index contributed by atoms with van der Waals surface area (Å²) < 4.78 is 5.16. The predicted octanol–water partition coefficient (Wildman–Crippen LogP) is 2.20. The fraction of sp³-hybridized carbons (Fsp3) is 0.200. The third kappa shape index (κ3) is 3.98. The molecule has 0 heterocycles. The molecule has 0 spiro atoms. The number of aromatic hydroxyl groups is 1. The largest absolute Gasteiger partial charge is 0.508 e. The third-order valence-corrected chi connectivity index (χ3v) is 2.82. The van der Waals surface area contributed by atoms with Crippen LogP contribution in [-0.4, -0.2) is 12.2 Å². The molecule has 4 heteroatoms. The van der Waals surface area contributed by atoms with Gasteiger partial charge in [-0.3, -0.25) is 10.9 Å². The Morgan fingerprint density at radius 2 is 1.79 bits per heavy atom. The van der Waals surface area contributed by atoms with Gasteiger partial charge in [0.2, 0.25) is 0 Å². The normalized spacial score (nSPS) is 10.4. The second-order valence-corrected chi connectivity index (χ2v) is 4.19. The summed E-state index contributed by atoms with van der Waals surface area (Å²) in [6.07, 6.45) is 0. The quantitative estimate of drug-likeness (QED) is 0.549. The molecule has 0 amide bonds. The number of nitrogens with one attached hydrogen (secondary N) is 2. The molecule has 0 saturated heterocycles. The first-order chi connectivity index (χ1) is 9.29. The van der Waals surface area contributed by atoms with Gasteiger partial charge in [0.05, 0.1) is 7.11 Å². The zero-order valence-electron chi connectivity index (χ0n) is 10.9. The van der Waals surface area contributed by atoms with Crippen molar-refractivity contribution in [2.24, 2.45) is 0 Å². The van der Waals surface area contributed by atoms with Gasteiger partial charge in [-0.05, 0) is 23.8 Å². The van der Waals surface area contributed by atoms with Crippen LogP contribution < -0.4 is 15.6 Å². The van der Waals surface area contributed by atoms with E-state index in [9.17, 15) is 5.11 Å². The molecule has 100 valence electrons. The molecular formula is C15H18N2O2. The van der Waals surface area contributed by atoms with Gasteiger partial charge in [-0.15, -0.1) is 0 Å². The summed E-state index contributed by atoms with van der Waals surface area (Å²) >= 11 is 0. The Hall–Kier alpha value is -2.04. The number of phenolic OH excluding ortho intramolecular Hbond substituents is 1. The van der Waals surface area contributed by atoms with Crippen LogP contribution in [0.25, 0.3) is 0 Å². The Bertz CT molecular complexity index is 529. The first-order valence-corrected chi connectivity index (χ1v) is 6.15. The van der Waals surface area contributed by atoms with Crippen molar-refractivity contribution in [2.75, 3.05) is 7.11 Å². The molecule has 2 aromatic rings. The summed E-state index contributed by atoms with van der Waals surface area (Å²) in [5.74, 6) is 1.15. The van der Waals surface area contributed by atoms with Crippen molar-refractivity contribution < 1.29 is 9.84 Å². The second kappa shape index (κ2) is 6.78. The van der Waals surface area contributed by atoms with E-state index in [-0.39, 0.29) is 0 Å². The van der Waals surface area contributed by atoms with Crippen LogP contribution in [0.4, 0.5) is 0 Å². The first-order valence-electron chi connectivity index (χ1n) is 6.15. The molecule has 0 unspecified atom stereocenters. The molecule has 0 atom stereocenters. The average molecular weight is 258 g/mol. The maximum atomic E-state index is 9.61. The van der Waals surface area contributed by atoms with Crippen molar-refractivity contribution >= 4 is 0 Å². The lowest BCUT2D eigenvalue weighted by molar-refractivity contribution is 0.413. The maximum absolute atomic E-state index is 9.61. The molecule has 0 aliphatic carbocycles. The van der Waals surface area contributed by atoms with E-state index in [1.165, 1.54) is 0 Å². The Balaban J connectivity index is 1.79. The monoisotopic (exact) mass is 258 g/mol. The molecule has 3 N–H and O–H groups in total. The van der Waals surface area contributed by atoms with Gasteiger partial charge in [-0.25, -0.2) is 0 Å². The number of hydrazine groups is 1. The van der Waals surface area contributed by atoms with Gasteiger partial charge < -0.3 is 9.84 Å². The minimum absolute atomic E-state index is 0.304. The minimum Gasteiger partial charge on any atom is -0.508 e. The van der Waals surface area contributed by atoms with Gasteiger partial charge in [0, 0.05) is 18.7 Å². The highest BCUT2D eigenvalue weighted by molar-refractivity contribution is 5.31. The topological polar surface area (TPSA) is 53.5 Å². The molecule has 0 aliphatic rings. The Kier molecular flexibility index (Phi) is 4.78. The lowest BCUT2D eigenvalue weighted by Gasteiger charge is -2.09. The summed E-state index contributed by atoms with van der Waals surface area (Å²) in [5, 5.41) is 9.61. The number of ether oxygens (including phenoxy) is 1. The van der Waals surface area contributed by atoms with Crippen molar-refractivity contribution in [2.45, 2.75) is 13.1 Å². The molecule has 19 heavy (non-hydrogen) atoms. The highest BCUT2D eigenvalue weighted by Gasteiger charge is 1.99. The molecule has 2 aromatic carbocycles. The smallest absolute Gasteiger partial charge is 0.120 e. The summed E-state index contributed by atoms with van der Waals surface area (Å²) in [6.45, 7) is 1.25. The SMILES string of the molecule is COc1cccc(CNNCc2ccccc2O)c1. The lowest BCUT2D eigenvalue weighted by atomic mass is 10.2. The van der Waals surface area contributed by atoms with E-state index in [2.05, 4.69) is 10.9 Å². The fourth-order valence-electron chi connectivity index (χ4n) is 1.77. The van der Waals surface area contributed by atoms with Crippen molar-refractivity contribution in [3.05, 3.63) is 59.7 Å². The zero-order chi connectivity index (χ0) is 13.5. The van der Waals surface area contributed by atoms with Crippen molar-refractivity contribution in [3.8, 4) is 11.5 Å². The summed E-state index contributed by atoms with van der Waals surface area (Å²) in [4.78, 5) is 0. The van der Waals surface area contributed by atoms with Crippen LogP contribution in [0.3, 0.4) is 0 Å². The molecular weight excluding hydrogens is 240 g/mol. The van der Waals surface area contributed by atoms with E-state index in [1.807, 2.05) is 42.5 Å². The molecule has 0 aromatic heterocycles. The van der Waals surface area contributed by atoms with Crippen molar-refractivity contribution in [1.29, 1.82) is 0 Å². The zero-order valence-corrected chi connectivity index (χ0v) is 10.9. The molecule has 0 radical (unpaired) electrons. The Morgan fingerprint density at radius 1 is 1.00 bits per heavy atom. The molecule has 0 bridgehead atoms. The van der Waals surface area contributed by atoms with E-state index in [0.29, 0.717) is 18.8 Å². The molecule has 2 rings (SSSR count). The van der Waals surface area contributed by atoms with Crippen LogP contribution in [-0.2, 0) is 13.1 Å². The highest BCUT2D eigenvalue weighted by Crippen LogP contribution is 2.14. The highest BCUT2D eigenvalue weighted by atomic mass is 16.5. The number of hydrogen-bond donors (Lipinski definition) is 3. The number of benzene rings is 2. The molecule has 0 saturated carbocycles. The predicted molar refractivity (Wildman–Crippen MR) is 74.8 cm³/mol. The summed E-state index contributed by atoms with van der Waals surface area (Å²) in [7, 11) is 1.66. The van der Waals surface area contributed by atoms with Crippen molar-refractivity contribution in [3.63, 3.8) is 0 Å². The Morgan fingerprint density at radius 3 is 2.58 bits per heavy atom. The number of rotatable bonds is 6. The van der Waals surface area contributed by atoms with E-state index in [1.54, 1.807) is 13.2 Å². The van der Waals surface area contributed by atoms with Gasteiger partial charge in [-0.2, -0.15) is 0 Å². The number of hydrogen-bond acceptors (Lipinski definition) is 4. The number of para-hydroxylation sites is 1. The third-order valence-electron chi connectivity index (χ3n) is 2.82. The molecule has 4 nitrogen and oxygen atoms in total. The minimum atomic E-state index is 0.304. The van der Waals surface area contributed by atoms with E-state index < -0.39 is 0 Å². The molecule has 0 aliphatic heterocycles. The second-order valence-electron chi connectivity index (χ2n) is 4.19. The van der Waals surface area contributed by atoms with Gasteiger partial charge in [-0.1, -0.05) is 30.3 Å². The van der Waals surface area contributed by atoms with Gasteiger partial charge in [0.15, 0.2) is 0 Å². The summed E-state index contributed by atoms with van der Waals surface area (Å²) in [5.41, 5.74) is 8.18. The number of methoxy groups -OCH3 is 1. The van der Waals surface area contributed by atoms with Crippen LogP contribution in [0.1, 0.15) is 11.1 Å². The van der Waals surface area contributed by atoms with Crippen LogP contribution in [0.15, 0.2) is 48.5 Å². The van der Waals surface area contributed by atoms with Crippen LogP contribution in [0.2, 0.25) is 0 Å². The average Bonchev–Trinajstić information content (AvgIpc) is 2.45. The van der Waals surface area contributed by atoms with Gasteiger partial charge in [0.1, 0.15) is 11.5 Å². The van der Waals surface area contributed by atoms with Crippen molar-refractivity contribution in [1.82, 2.24) is 10.9 Å². The maximum Gasteiger partial charge on any atom is 0.120 e. The summed E-state index contributed by atoms with van der Waals surface area (Å²) in [6, 6.07) is 15.2. The van der Waals surface area contributed by atoms with Gasteiger partial charge >= 0.3 is 0 Å². The van der Waals surface area contributed by atoms with Gasteiger partial charge in [0.25, 0.3) is 0 Å². The van der Waals surface area contributed by atoms with Crippen LogP contribution in [0, 0.1) is 0 Å². The van der Waals surface area contributed by atoms with Crippen LogP contribution in [0.5, 0.6) is 11.5 Å². The van der Waals surface area contributed by atoms with E-state index in [4.69, 9.17) is 4.74 Å². The lowest BCUT2D eigenvalue weighted by Crippen LogP contribution is -2.30. The molecule has 0 fully saturated rings. The number of phenols is 1. The van der Waals surface area contributed by atoms with E-state index >= 15 is 0 Å². The standard InChI is InChI=1S/C15H18N2O2/c1-19-14-7-4-5-12(9-14)10-16-17-11-13-6-2-3-8-15(13)18/h2-9,16-18H,10-11H2,1H3. The first kappa shape index (κ1) is 13.4. The van der Waals surface area contributed by atoms with Crippen LogP contribution >= 0.6 is 0 Å². The Labute approximate surface area is 113 Å².